The minimum atomic E-state index is -0.0416. The Hall–Kier alpha value is -3.02. The lowest BCUT2D eigenvalue weighted by atomic mass is 10.2. The summed E-state index contributed by atoms with van der Waals surface area (Å²) in [7, 11) is 0. The van der Waals surface area contributed by atoms with Crippen LogP contribution in [-0.2, 0) is 11.3 Å². The zero-order chi connectivity index (χ0) is 19.3. The molecule has 2 aliphatic heterocycles. The van der Waals surface area contributed by atoms with Crippen molar-refractivity contribution in [2.45, 2.75) is 6.54 Å². The molecule has 0 bridgehead atoms. The highest BCUT2D eigenvalue weighted by molar-refractivity contribution is 5.85. The smallest absolute Gasteiger partial charge is 0.320 e. The van der Waals surface area contributed by atoms with Crippen molar-refractivity contribution in [2.75, 3.05) is 50.7 Å². The van der Waals surface area contributed by atoms with Gasteiger partial charge in [0, 0.05) is 51.5 Å². The quantitative estimate of drug-likeness (QED) is 0.802. The van der Waals surface area contributed by atoms with Crippen LogP contribution in [0.5, 0.6) is 0 Å². The average Bonchev–Trinajstić information content (AvgIpc) is 3.09. The van der Waals surface area contributed by atoms with Gasteiger partial charge in [0.2, 0.25) is 5.91 Å². The van der Waals surface area contributed by atoms with Gasteiger partial charge in [-0.05, 0) is 17.7 Å². The first kappa shape index (κ1) is 18.3. The van der Waals surface area contributed by atoms with Gasteiger partial charge in [0.1, 0.15) is 6.54 Å². The number of piperazine rings is 1. The lowest BCUT2D eigenvalue weighted by Gasteiger charge is -2.36. The van der Waals surface area contributed by atoms with Gasteiger partial charge in [-0.25, -0.2) is 4.79 Å². The SMILES string of the molecule is O=C(CN1CCN(Cc2ccccc2)C1=O)N1CCN(c2ccccc2)CC1. The predicted molar refractivity (Wildman–Crippen MR) is 109 cm³/mol. The number of urea groups is 1. The van der Waals surface area contributed by atoms with E-state index in [4.69, 9.17) is 0 Å². The largest absolute Gasteiger partial charge is 0.368 e. The second kappa shape index (κ2) is 8.33. The van der Waals surface area contributed by atoms with Crippen molar-refractivity contribution < 1.29 is 9.59 Å². The summed E-state index contributed by atoms with van der Waals surface area (Å²) in [6.45, 7) is 5.10. The Morgan fingerprint density at radius 3 is 2.04 bits per heavy atom. The van der Waals surface area contributed by atoms with Crippen LogP contribution in [-0.4, -0.2) is 72.5 Å². The first-order valence-corrected chi connectivity index (χ1v) is 9.86. The molecular weight excluding hydrogens is 352 g/mol. The molecule has 2 aliphatic rings. The highest BCUT2D eigenvalue weighted by Gasteiger charge is 2.31. The van der Waals surface area contributed by atoms with Gasteiger partial charge in [-0.1, -0.05) is 48.5 Å². The molecule has 0 saturated carbocycles. The molecule has 6 nitrogen and oxygen atoms in total. The number of hydrogen-bond donors (Lipinski definition) is 0. The van der Waals surface area contributed by atoms with Gasteiger partial charge in [0.05, 0.1) is 0 Å². The Morgan fingerprint density at radius 2 is 1.36 bits per heavy atom. The maximum absolute atomic E-state index is 12.7. The van der Waals surface area contributed by atoms with Crippen LogP contribution in [0.4, 0.5) is 10.5 Å². The summed E-state index contributed by atoms with van der Waals surface area (Å²) < 4.78 is 0. The van der Waals surface area contributed by atoms with Crippen molar-refractivity contribution in [3.63, 3.8) is 0 Å². The van der Waals surface area contributed by atoms with Crippen LogP contribution >= 0.6 is 0 Å². The van der Waals surface area contributed by atoms with E-state index in [9.17, 15) is 9.59 Å². The number of carbonyl (C=O) groups excluding carboxylic acids is 2. The van der Waals surface area contributed by atoms with E-state index in [-0.39, 0.29) is 18.5 Å². The average molecular weight is 378 g/mol. The molecule has 6 heteroatoms. The van der Waals surface area contributed by atoms with Gasteiger partial charge in [-0.3, -0.25) is 4.79 Å². The molecule has 4 rings (SSSR count). The number of carbonyl (C=O) groups is 2. The maximum atomic E-state index is 12.7. The number of nitrogens with zero attached hydrogens (tertiary/aromatic N) is 4. The monoisotopic (exact) mass is 378 g/mol. The van der Waals surface area contributed by atoms with Crippen molar-refractivity contribution in [1.29, 1.82) is 0 Å². The molecule has 2 saturated heterocycles. The third-order valence-corrected chi connectivity index (χ3v) is 5.48. The molecule has 0 aromatic heterocycles. The Kier molecular flexibility index (Phi) is 5.46. The third kappa shape index (κ3) is 4.11. The first-order chi connectivity index (χ1) is 13.7. The Bertz CT molecular complexity index is 804. The molecule has 146 valence electrons. The number of anilines is 1. The van der Waals surface area contributed by atoms with Crippen molar-refractivity contribution in [3.05, 3.63) is 66.2 Å². The van der Waals surface area contributed by atoms with Crippen molar-refractivity contribution in [2.24, 2.45) is 0 Å². The maximum Gasteiger partial charge on any atom is 0.320 e. The highest BCUT2D eigenvalue weighted by Crippen LogP contribution is 2.17. The number of rotatable bonds is 5. The highest BCUT2D eigenvalue weighted by atomic mass is 16.2. The standard InChI is InChI=1S/C22H26N4O2/c27-21(24-13-11-23(12-14-24)20-9-5-2-6-10-20)18-26-16-15-25(22(26)28)17-19-7-3-1-4-8-19/h1-10H,11-18H2. The lowest BCUT2D eigenvalue weighted by Crippen LogP contribution is -2.51. The first-order valence-electron chi connectivity index (χ1n) is 9.86. The number of para-hydroxylation sites is 1. The summed E-state index contributed by atoms with van der Waals surface area (Å²) in [5.74, 6) is 0.0441. The summed E-state index contributed by atoms with van der Waals surface area (Å²) in [6.07, 6.45) is 0. The van der Waals surface area contributed by atoms with E-state index in [1.807, 2.05) is 58.3 Å². The molecule has 0 unspecified atom stereocenters. The molecule has 0 atom stereocenters. The van der Waals surface area contributed by atoms with Crippen molar-refractivity contribution >= 4 is 17.6 Å². The van der Waals surface area contributed by atoms with Crippen LogP contribution < -0.4 is 4.90 Å². The molecule has 0 N–H and O–H groups in total. The van der Waals surface area contributed by atoms with Gasteiger partial charge in [0.15, 0.2) is 0 Å². The van der Waals surface area contributed by atoms with Crippen LogP contribution in [0.3, 0.4) is 0 Å². The second-order valence-electron chi connectivity index (χ2n) is 7.31. The topological polar surface area (TPSA) is 47.1 Å². The lowest BCUT2D eigenvalue weighted by molar-refractivity contribution is -0.131. The van der Waals surface area contributed by atoms with Gasteiger partial charge in [0.25, 0.3) is 0 Å². The van der Waals surface area contributed by atoms with E-state index in [0.717, 1.165) is 18.7 Å². The molecule has 0 spiro atoms. The third-order valence-electron chi connectivity index (χ3n) is 5.48. The Morgan fingerprint density at radius 1 is 0.750 bits per heavy atom. The molecule has 2 heterocycles. The van der Waals surface area contributed by atoms with Crippen molar-refractivity contribution in [3.8, 4) is 0 Å². The number of amides is 3. The van der Waals surface area contributed by atoms with Crippen LogP contribution in [0, 0.1) is 0 Å². The van der Waals surface area contributed by atoms with Crippen LogP contribution in [0.15, 0.2) is 60.7 Å². The molecule has 3 amide bonds. The molecule has 0 aliphatic carbocycles. The number of hydrogen-bond acceptors (Lipinski definition) is 3. The molecule has 2 aromatic carbocycles. The summed E-state index contributed by atoms with van der Waals surface area (Å²) in [6, 6.07) is 20.2. The van der Waals surface area contributed by atoms with Crippen molar-refractivity contribution in [1.82, 2.24) is 14.7 Å². The fraction of sp³-hybridized carbons (Fsp3) is 0.364. The predicted octanol–water partition coefficient (Wildman–Crippen LogP) is 2.27. The summed E-state index contributed by atoms with van der Waals surface area (Å²) in [4.78, 5) is 33.0. The van der Waals surface area contributed by atoms with E-state index in [1.54, 1.807) is 4.90 Å². The molecule has 2 fully saturated rings. The van der Waals surface area contributed by atoms with E-state index >= 15 is 0 Å². The summed E-state index contributed by atoms with van der Waals surface area (Å²) in [5, 5.41) is 0. The van der Waals surface area contributed by atoms with E-state index in [1.165, 1.54) is 5.69 Å². The summed E-state index contributed by atoms with van der Waals surface area (Å²) >= 11 is 0. The molecular formula is C22H26N4O2. The van der Waals surface area contributed by atoms with Gasteiger partial charge in [-0.15, -0.1) is 0 Å². The number of benzene rings is 2. The van der Waals surface area contributed by atoms with Gasteiger partial charge in [-0.2, -0.15) is 0 Å². The molecule has 28 heavy (non-hydrogen) atoms. The minimum absolute atomic E-state index is 0.0416. The zero-order valence-corrected chi connectivity index (χ0v) is 16.0. The second-order valence-corrected chi connectivity index (χ2v) is 7.31. The van der Waals surface area contributed by atoms with Crippen LogP contribution in [0.2, 0.25) is 0 Å². The van der Waals surface area contributed by atoms with E-state index in [0.29, 0.717) is 32.7 Å². The van der Waals surface area contributed by atoms with E-state index in [2.05, 4.69) is 17.0 Å². The van der Waals surface area contributed by atoms with Gasteiger partial charge >= 0.3 is 6.03 Å². The summed E-state index contributed by atoms with van der Waals surface area (Å²) in [5.41, 5.74) is 2.31. The minimum Gasteiger partial charge on any atom is -0.368 e. The van der Waals surface area contributed by atoms with E-state index < -0.39 is 0 Å². The van der Waals surface area contributed by atoms with Crippen LogP contribution in [0.1, 0.15) is 5.56 Å². The van der Waals surface area contributed by atoms with Crippen LogP contribution in [0.25, 0.3) is 0 Å². The molecule has 0 radical (unpaired) electrons. The Balaban J connectivity index is 1.27. The van der Waals surface area contributed by atoms with Gasteiger partial charge < -0.3 is 19.6 Å². The molecule has 2 aromatic rings. The zero-order valence-electron chi connectivity index (χ0n) is 16.0. The normalized spacial score (nSPS) is 17.4. The fourth-order valence-electron chi connectivity index (χ4n) is 3.85. The Labute approximate surface area is 165 Å². The fourth-order valence-corrected chi connectivity index (χ4v) is 3.85.